The molecule has 1 heterocycles. The highest BCUT2D eigenvalue weighted by Crippen LogP contribution is 2.30. The Morgan fingerprint density at radius 1 is 1.18 bits per heavy atom. The van der Waals surface area contributed by atoms with Gasteiger partial charge in [0.1, 0.15) is 11.9 Å². The predicted molar refractivity (Wildman–Crippen MR) is 82.3 cm³/mol. The van der Waals surface area contributed by atoms with Crippen LogP contribution in [-0.4, -0.2) is 41.5 Å². The number of nitrogens with zero attached hydrogens (tertiary/aromatic N) is 3. The summed E-state index contributed by atoms with van der Waals surface area (Å²) in [4.78, 5) is 22.7. The van der Waals surface area contributed by atoms with Gasteiger partial charge in [0.25, 0.3) is 0 Å². The topological polar surface area (TPSA) is 71.3 Å². The Morgan fingerprint density at radius 2 is 2.00 bits per heavy atom. The van der Waals surface area contributed by atoms with Crippen LogP contribution in [0.2, 0.25) is 0 Å². The van der Waals surface area contributed by atoms with Gasteiger partial charge in [-0.25, -0.2) is 0 Å². The second-order valence-corrected chi connectivity index (χ2v) is 6.32. The molecule has 3 unspecified atom stereocenters. The highest BCUT2D eigenvalue weighted by atomic mass is 16.5. The van der Waals surface area contributed by atoms with Crippen LogP contribution in [-0.2, 0) is 14.3 Å². The molecule has 1 saturated carbocycles. The van der Waals surface area contributed by atoms with Crippen LogP contribution in [0.1, 0.15) is 65.2 Å². The first kappa shape index (κ1) is 16.9. The molecule has 6 heteroatoms. The molecule has 0 aromatic carbocycles. The van der Waals surface area contributed by atoms with Gasteiger partial charge in [-0.15, -0.1) is 0 Å². The normalized spacial score (nSPS) is 27.9. The molecule has 3 atom stereocenters. The van der Waals surface area contributed by atoms with Crippen LogP contribution in [0.15, 0.2) is 10.3 Å². The number of hydrogen-bond donors (Lipinski definition) is 0. The van der Waals surface area contributed by atoms with E-state index in [2.05, 4.69) is 22.3 Å². The zero-order chi connectivity index (χ0) is 15.9. The maximum absolute atomic E-state index is 11.8. The van der Waals surface area contributed by atoms with E-state index < -0.39 is 0 Å². The Bertz CT molecular complexity index is 417. The van der Waals surface area contributed by atoms with Crippen LogP contribution >= 0.6 is 0 Å². The van der Waals surface area contributed by atoms with Gasteiger partial charge in [0, 0.05) is 13.0 Å². The van der Waals surface area contributed by atoms with Crippen molar-refractivity contribution in [2.24, 2.45) is 10.3 Å². The van der Waals surface area contributed by atoms with Crippen LogP contribution in [0.3, 0.4) is 0 Å². The Morgan fingerprint density at radius 3 is 2.73 bits per heavy atom. The lowest BCUT2D eigenvalue weighted by Crippen LogP contribution is -2.37. The third-order valence-corrected chi connectivity index (χ3v) is 4.38. The fourth-order valence-corrected chi connectivity index (χ4v) is 3.20. The summed E-state index contributed by atoms with van der Waals surface area (Å²) < 4.78 is 5.55. The number of ketones is 1. The van der Waals surface area contributed by atoms with Crippen molar-refractivity contribution in [3.63, 3.8) is 0 Å². The summed E-state index contributed by atoms with van der Waals surface area (Å²) in [5.74, 6) is -0.217. The minimum atomic E-state index is -0.247. The van der Waals surface area contributed by atoms with Crippen molar-refractivity contribution in [2.45, 2.75) is 83.4 Å². The van der Waals surface area contributed by atoms with Gasteiger partial charge in [-0.05, 0) is 45.4 Å². The van der Waals surface area contributed by atoms with Gasteiger partial charge in [0.2, 0.25) is 0 Å². The Kier molecular flexibility index (Phi) is 6.34. The SMILES string of the molecule is CCCN1N=NC2CCCC(OC(=O)CCC(C)=O)CCC21. The predicted octanol–water partition coefficient (Wildman–Crippen LogP) is 3.06. The first-order valence-electron chi connectivity index (χ1n) is 8.46. The van der Waals surface area contributed by atoms with E-state index in [0.717, 1.165) is 45.1 Å². The summed E-state index contributed by atoms with van der Waals surface area (Å²) in [5.41, 5.74) is 0. The maximum atomic E-state index is 11.8. The fourth-order valence-electron chi connectivity index (χ4n) is 3.20. The van der Waals surface area contributed by atoms with E-state index >= 15 is 0 Å². The summed E-state index contributed by atoms with van der Waals surface area (Å²) in [6.45, 7) is 4.58. The maximum Gasteiger partial charge on any atom is 0.306 e. The third kappa shape index (κ3) is 4.78. The van der Waals surface area contributed by atoms with Gasteiger partial charge < -0.3 is 9.53 Å². The number of hydrogen-bond acceptors (Lipinski definition) is 6. The van der Waals surface area contributed by atoms with Crippen molar-refractivity contribution in [2.75, 3.05) is 6.54 Å². The van der Waals surface area contributed by atoms with Gasteiger partial charge in [0.05, 0.1) is 18.5 Å². The first-order chi connectivity index (χ1) is 10.6. The average Bonchev–Trinajstić information content (AvgIpc) is 2.81. The van der Waals surface area contributed by atoms with E-state index in [4.69, 9.17) is 4.74 Å². The van der Waals surface area contributed by atoms with Crippen molar-refractivity contribution in [3.05, 3.63) is 0 Å². The van der Waals surface area contributed by atoms with E-state index in [1.165, 1.54) is 6.92 Å². The second kappa shape index (κ2) is 8.25. The minimum Gasteiger partial charge on any atom is -0.462 e. The number of fused-ring (bicyclic) bond motifs is 1. The molecule has 2 rings (SSSR count). The summed E-state index contributed by atoms with van der Waals surface area (Å²) in [7, 11) is 0. The molecule has 1 fully saturated rings. The van der Waals surface area contributed by atoms with E-state index in [1.54, 1.807) is 0 Å². The lowest BCUT2D eigenvalue weighted by atomic mass is 9.91. The Hall–Kier alpha value is -1.46. The van der Waals surface area contributed by atoms with Crippen molar-refractivity contribution in [3.8, 4) is 0 Å². The highest BCUT2D eigenvalue weighted by Gasteiger charge is 2.34. The molecule has 2 aliphatic rings. The molecular weight excluding hydrogens is 282 g/mol. The second-order valence-electron chi connectivity index (χ2n) is 6.32. The van der Waals surface area contributed by atoms with Crippen LogP contribution in [0.25, 0.3) is 0 Å². The average molecular weight is 309 g/mol. The van der Waals surface area contributed by atoms with Crippen LogP contribution in [0, 0.1) is 0 Å². The largest absolute Gasteiger partial charge is 0.462 e. The van der Waals surface area contributed by atoms with Gasteiger partial charge in [-0.3, -0.25) is 9.80 Å². The molecule has 22 heavy (non-hydrogen) atoms. The number of esters is 1. The van der Waals surface area contributed by atoms with Crippen molar-refractivity contribution in [1.82, 2.24) is 5.01 Å². The summed E-state index contributed by atoms with van der Waals surface area (Å²) in [5, 5.41) is 10.8. The monoisotopic (exact) mass is 309 g/mol. The van der Waals surface area contributed by atoms with E-state index in [1.807, 2.05) is 0 Å². The number of carbonyl (C=O) groups excluding carboxylic acids is 2. The Balaban J connectivity index is 1.82. The Labute approximate surface area is 132 Å². The lowest BCUT2D eigenvalue weighted by molar-refractivity contribution is -0.151. The van der Waals surface area contributed by atoms with Crippen molar-refractivity contribution >= 4 is 11.8 Å². The van der Waals surface area contributed by atoms with Crippen molar-refractivity contribution in [1.29, 1.82) is 0 Å². The zero-order valence-electron chi connectivity index (χ0n) is 13.7. The molecule has 0 aromatic rings. The number of carbonyl (C=O) groups is 2. The lowest BCUT2D eigenvalue weighted by Gasteiger charge is -2.29. The van der Waals surface area contributed by atoms with E-state index in [-0.39, 0.29) is 30.7 Å². The number of rotatable bonds is 6. The highest BCUT2D eigenvalue weighted by molar-refractivity contribution is 5.81. The van der Waals surface area contributed by atoms with E-state index in [0.29, 0.717) is 12.1 Å². The molecule has 124 valence electrons. The standard InChI is InChI=1S/C16H27N3O3/c1-3-11-19-15-9-8-13(5-4-6-14(15)17-18-19)22-16(21)10-7-12(2)20/h13-15H,3-11H2,1-2H3. The molecule has 0 N–H and O–H groups in total. The van der Waals surface area contributed by atoms with Crippen LogP contribution in [0.5, 0.6) is 0 Å². The molecule has 0 spiro atoms. The van der Waals surface area contributed by atoms with Gasteiger partial charge >= 0.3 is 5.97 Å². The zero-order valence-corrected chi connectivity index (χ0v) is 13.7. The molecule has 6 nitrogen and oxygen atoms in total. The smallest absolute Gasteiger partial charge is 0.306 e. The number of ether oxygens (including phenoxy) is 1. The van der Waals surface area contributed by atoms with Crippen LogP contribution in [0.4, 0.5) is 0 Å². The molecule has 0 radical (unpaired) electrons. The quantitative estimate of drug-likeness (QED) is 0.707. The summed E-state index contributed by atoms with van der Waals surface area (Å²) in [6.07, 6.45) is 6.23. The van der Waals surface area contributed by atoms with Crippen molar-refractivity contribution < 1.29 is 14.3 Å². The van der Waals surface area contributed by atoms with Crippen LogP contribution < -0.4 is 0 Å². The number of Topliss-reactive ketones (excluding diaryl/α,β-unsaturated/α-hetero) is 1. The minimum absolute atomic E-state index is 0.0236. The molecule has 0 amide bonds. The summed E-state index contributed by atoms with van der Waals surface area (Å²) >= 11 is 0. The molecule has 0 saturated heterocycles. The fraction of sp³-hybridized carbons (Fsp3) is 0.875. The molecule has 0 aromatic heterocycles. The molecule has 1 aliphatic heterocycles. The summed E-state index contributed by atoms with van der Waals surface area (Å²) in [6, 6.07) is 0.666. The van der Waals surface area contributed by atoms with E-state index in [9.17, 15) is 9.59 Å². The van der Waals surface area contributed by atoms with Gasteiger partial charge in [-0.1, -0.05) is 12.1 Å². The molecular formula is C16H27N3O3. The van der Waals surface area contributed by atoms with Gasteiger partial charge in [-0.2, -0.15) is 5.11 Å². The third-order valence-electron chi connectivity index (χ3n) is 4.38. The molecule has 0 bridgehead atoms. The molecule has 1 aliphatic carbocycles. The first-order valence-corrected chi connectivity index (χ1v) is 8.46. The van der Waals surface area contributed by atoms with Gasteiger partial charge in [0.15, 0.2) is 0 Å².